The van der Waals surface area contributed by atoms with Gasteiger partial charge in [-0.3, -0.25) is 9.69 Å². The van der Waals surface area contributed by atoms with Gasteiger partial charge in [0.15, 0.2) is 5.78 Å². The normalized spacial score (nSPS) is 14.6. The van der Waals surface area contributed by atoms with Gasteiger partial charge < -0.3 is 0 Å². The highest BCUT2D eigenvalue weighted by Crippen LogP contribution is 2.29. The summed E-state index contributed by atoms with van der Waals surface area (Å²) in [4.78, 5) is 14.5. The summed E-state index contributed by atoms with van der Waals surface area (Å²) in [6, 6.07) is 8.71. The van der Waals surface area contributed by atoms with E-state index in [1.165, 1.54) is 30.5 Å². The van der Waals surface area contributed by atoms with Gasteiger partial charge in [0.1, 0.15) is 5.82 Å². The van der Waals surface area contributed by atoms with Crippen molar-refractivity contribution in [1.29, 1.82) is 0 Å². The first-order chi connectivity index (χ1) is 10.2. The van der Waals surface area contributed by atoms with Crippen molar-refractivity contribution in [3.05, 3.63) is 58.0 Å². The van der Waals surface area contributed by atoms with Crippen LogP contribution in [0.2, 0.25) is 0 Å². The monoisotopic (exact) mass is 303 g/mol. The van der Waals surface area contributed by atoms with Gasteiger partial charge in [0.2, 0.25) is 0 Å². The molecule has 0 saturated heterocycles. The molecule has 3 rings (SSSR count). The highest BCUT2D eigenvalue weighted by atomic mass is 32.1. The highest BCUT2D eigenvalue weighted by molar-refractivity contribution is 7.07. The third-order valence-corrected chi connectivity index (χ3v) is 4.53. The van der Waals surface area contributed by atoms with E-state index < -0.39 is 0 Å². The number of hydrogen-bond donors (Lipinski definition) is 0. The van der Waals surface area contributed by atoms with Crippen LogP contribution in [0.5, 0.6) is 0 Å². The van der Waals surface area contributed by atoms with Crippen LogP contribution in [0, 0.1) is 5.82 Å². The Labute approximate surface area is 128 Å². The van der Waals surface area contributed by atoms with Gasteiger partial charge in [-0.15, -0.1) is 0 Å². The Kier molecular flexibility index (Phi) is 4.46. The number of carbonyl (C=O) groups excluding carboxylic acids is 1. The van der Waals surface area contributed by atoms with Gasteiger partial charge in [0.05, 0.1) is 0 Å². The first kappa shape index (κ1) is 14.4. The summed E-state index contributed by atoms with van der Waals surface area (Å²) in [6.07, 6.45) is 2.89. The Balaban J connectivity index is 1.58. The Hall–Kier alpha value is -1.52. The minimum Gasteiger partial charge on any atom is -0.296 e. The lowest BCUT2D eigenvalue weighted by atomic mass is 10.1. The zero-order valence-electron chi connectivity index (χ0n) is 11.8. The maximum atomic E-state index is 13.2. The summed E-state index contributed by atoms with van der Waals surface area (Å²) < 4.78 is 13.2. The first-order valence-corrected chi connectivity index (χ1v) is 8.20. The van der Waals surface area contributed by atoms with Crippen molar-refractivity contribution in [3.8, 4) is 0 Å². The number of carbonyl (C=O) groups is 1. The van der Waals surface area contributed by atoms with Crippen LogP contribution in [0.15, 0.2) is 41.1 Å². The van der Waals surface area contributed by atoms with E-state index in [1.807, 2.05) is 0 Å². The Morgan fingerprint density at radius 3 is 2.86 bits per heavy atom. The standard InChI is InChI=1S/C17H18FNOS/c18-15-3-1-2-14(10-15)17(20)6-8-19(16-4-5-16)11-13-7-9-21-12-13/h1-3,7,9-10,12,16H,4-6,8,11H2. The number of rotatable bonds is 7. The van der Waals surface area contributed by atoms with E-state index >= 15 is 0 Å². The van der Waals surface area contributed by atoms with E-state index in [4.69, 9.17) is 0 Å². The molecule has 1 saturated carbocycles. The predicted octanol–water partition coefficient (Wildman–Crippen LogP) is 4.12. The molecule has 0 unspecified atom stereocenters. The largest absolute Gasteiger partial charge is 0.296 e. The zero-order valence-corrected chi connectivity index (χ0v) is 12.6. The highest BCUT2D eigenvalue weighted by Gasteiger charge is 2.29. The van der Waals surface area contributed by atoms with Gasteiger partial charge in [-0.1, -0.05) is 12.1 Å². The SMILES string of the molecule is O=C(CCN(Cc1ccsc1)C1CC1)c1cccc(F)c1. The van der Waals surface area contributed by atoms with Crippen LogP contribution < -0.4 is 0 Å². The molecule has 1 heterocycles. The van der Waals surface area contributed by atoms with E-state index in [2.05, 4.69) is 21.7 Å². The van der Waals surface area contributed by atoms with Gasteiger partial charge >= 0.3 is 0 Å². The van der Waals surface area contributed by atoms with Crippen molar-refractivity contribution >= 4 is 17.1 Å². The Morgan fingerprint density at radius 1 is 1.33 bits per heavy atom. The van der Waals surface area contributed by atoms with E-state index in [1.54, 1.807) is 23.5 Å². The lowest BCUT2D eigenvalue weighted by molar-refractivity contribution is 0.0959. The molecule has 1 aromatic carbocycles. The van der Waals surface area contributed by atoms with Gasteiger partial charge in [-0.25, -0.2) is 4.39 Å². The first-order valence-electron chi connectivity index (χ1n) is 7.26. The summed E-state index contributed by atoms with van der Waals surface area (Å²) in [7, 11) is 0. The summed E-state index contributed by atoms with van der Waals surface area (Å²) in [5, 5.41) is 4.24. The summed E-state index contributed by atoms with van der Waals surface area (Å²) >= 11 is 1.70. The topological polar surface area (TPSA) is 20.3 Å². The summed E-state index contributed by atoms with van der Waals surface area (Å²) in [6.45, 7) is 1.65. The Morgan fingerprint density at radius 2 is 2.19 bits per heavy atom. The fraction of sp³-hybridized carbons (Fsp3) is 0.353. The number of benzene rings is 1. The van der Waals surface area contributed by atoms with Gasteiger partial charge in [-0.2, -0.15) is 11.3 Å². The molecule has 0 bridgehead atoms. The van der Waals surface area contributed by atoms with E-state index in [0.29, 0.717) is 18.0 Å². The molecule has 1 fully saturated rings. The quantitative estimate of drug-likeness (QED) is 0.717. The van der Waals surface area contributed by atoms with Crippen LogP contribution in [0.4, 0.5) is 4.39 Å². The molecule has 1 aliphatic carbocycles. The lowest BCUT2D eigenvalue weighted by Gasteiger charge is -2.21. The fourth-order valence-corrected chi connectivity index (χ4v) is 3.16. The van der Waals surface area contributed by atoms with Crippen molar-refractivity contribution in [2.24, 2.45) is 0 Å². The van der Waals surface area contributed by atoms with Crippen LogP contribution >= 0.6 is 11.3 Å². The molecular formula is C17H18FNOS. The van der Waals surface area contributed by atoms with Crippen LogP contribution in [-0.2, 0) is 6.54 Å². The van der Waals surface area contributed by atoms with Gasteiger partial charge in [0, 0.05) is 31.1 Å². The van der Waals surface area contributed by atoms with Crippen molar-refractivity contribution < 1.29 is 9.18 Å². The maximum absolute atomic E-state index is 13.2. The molecule has 1 aliphatic rings. The molecule has 2 nitrogen and oxygen atoms in total. The van der Waals surface area contributed by atoms with Crippen LogP contribution in [0.3, 0.4) is 0 Å². The Bertz CT molecular complexity index is 607. The average Bonchev–Trinajstić information content (AvgIpc) is 3.20. The lowest BCUT2D eigenvalue weighted by Crippen LogP contribution is -2.28. The van der Waals surface area contributed by atoms with E-state index in [-0.39, 0.29) is 11.6 Å². The maximum Gasteiger partial charge on any atom is 0.164 e. The second-order valence-corrected chi connectivity index (χ2v) is 6.30. The number of hydrogen-bond acceptors (Lipinski definition) is 3. The van der Waals surface area contributed by atoms with Crippen LogP contribution in [0.25, 0.3) is 0 Å². The average molecular weight is 303 g/mol. The van der Waals surface area contributed by atoms with Gasteiger partial charge in [-0.05, 0) is 47.4 Å². The van der Waals surface area contributed by atoms with Crippen molar-refractivity contribution in [3.63, 3.8) is 0 Å². The molecule has 2 aromatic rings. The molecule has 0 spiro atoms. The second-order valence-electron chi connectivity index (χ2n) is 5.52. The molecule has 1 aromatic heterocycles. The van der Waals surface area contributed by atoms with Crippen LogP contribution in [-0.4, -0.2) is 23.3 Å². The molecule has 0 atom stereocenters. The molecule has 21 heavy (non-hydrogen) atoms. The molecule has 110 valence electrons. The van der Waals surface area contributed by atoms with Crippen LogP contribution in [0.1, 0.15) is 35.2 Å². The third-order valence-electron chi connectivity index (χ3n) is 3.80. The molecule has 0 N–H and O–H groups in total. The second kappa shape index (κ2) is 6.50. The zero-order chi connectivity index (χ0) is 14.7. The molecule has 0 radical (unpaired) electrons. The molecular weight excluding hydrogens is 285 g/mol. The molecule has 4 heteroatoms. The van der Waals surface area contributed by atoms with Gasteiger partial charge in [0.25, 0.3) is 0 Å². The number of thiophene rings is 1. The van der Waals surface area contributed by atoms with E-state index in [9.17, 15) is 9.18 Å². The minimum atomic E-state index is -0.349. The van der Waals surface area contributed by atoms with Crippen molar-refractivity contribution in [2.75, 3.05) is 6.54 Å². The molecule has 0 aliphatic heterocycles. The number of halogens is 1. The third kappa shape index (κ3) is 3.99. The predicted molar refractivity (Wildman–Crippen MR) is 83.1 cm³/mol. The fourth-order valence-electron chi connectivity index (χ4n) is 2.50. The van der Waals surface area contributed by atoms with Crippen molar-refractivity contribution in [1.82, 2.24) is 4.90 Å². The summed E-state index contributed by atoms with van der Waals surface area (Å²) in [5.41, 5.74) is 1.78. The van der Waals surface area contributed by atoms with E-state index in [0.717, 1.165) is 13.1 Å². The number of ketones is 1. The number of nitrogens with zero attached hydrogens (tertiary/aromatic N) is 1. The number of Topliss-reactive ketones (excluding diaryl/α,β-unsaturated/α-hetero) is 1. The molecule has 0 amide bonds. The van der Waals surface area contributed by atoms with Crippen molar-refractivity contribution in [2.45, 2.75) is 31.8 Å². The summed E-state index contributed by atoms with van der Waals surface area (Å²) in [5.74, 6) is -0.330. The minimum absolute atomic E-state index is 0.0190. The smallest absolute Gasteiger partial charge is 0.164 e.